The lowest BCUT2D eigenvalue weighted by Gasteiger charge is -2.30. The Balaban J connectivity index is 1.24. The number of carbonyl (C=O) groups excluding carboxylic acids is 1. The summed E-state index contributed by atoms with van der Waals surface area (Å²) >= 11 is 6.02. The Morgan fingerprint density at radius 3 is 2.73 bits per heavy atom. The molecule has 0 spiro atoms. The lowest BCUT2D eigenvalue weighted by Crippen LogP contribution is -2.42. The maximum Gasteiger partial charge on any atom is 0.256 e. The first-order chi connectivity index (χ1) is 17.9. The molecule has 1 amide bonds. The first-order valence-electron chi connectivity index (χ1n) is 13.2. The summed E-state index contributed by atoms with van der Waals surface area (Å²) in [4.78, 5) is 40.3. The molecule has 2 fully saturated rings. The summed E-state index contributed by atoms with van der Waals surface area (Å²) in [5.74, 6) is 0.830. The number of halogens is 1. The van der Waals surface area contributed by atoms with E-state index in [-0.39, 0.29) is 17.5 Å². The summed E-state index contributed by atoms with van der Waals surface area (Å²) in [7, 11) is 0. The predicted molar refractivity (Wildman–Crippen MR) is 140 cm³/mol. The molecule has 0 saturated heterocycles. The lowest BCUT2D eigenvalue weighted by atomic mass is 9.83. The highest BCUT2D eigenvalue weighted by Crippen LogP contribution is 2.52. The summed E-state index contributed by atoms with van der Waals surface area (Å²) < 4.78 is 0. The van der Waals surface area contributed by atoms with Gasteiger partial charge in [0, 0.05) is 30.4 Å². The number of hydrogen-bond acceptors (Lipinski definition) is 5. The van der Waals surface area contributed by atoms with Gasteiger partial charge in [-0.05, 0) is 60.4 Å². The Kier molecular flexibility index (Phi) is 6.37. The van der Waals surface area contributed by atoms with Crippen molar-refractivity contribution >= 4 is 17.5 Å². The van der Waals surface area contributed by atoms with E-state index in [1.165, 1.54) is 42.6 Å². The molecule has 7 nitrogen and oxygen atoms in total. The molecular weight excluding hydrogens is 488 g/mol. The highest BCUT2D eigenvalue weighted by atomic mass is 35.5. The van der Waals surface area contributed by atoms with Gasteiger partial charge in [-0.1, -0.05) is 49.1 Å². The number of hydrogen-bond donors (Lipinski definition) is 2. The molecule has 1 aliphatic heterocycles. The predicted octanol–water partition coefficient (Wildman–Crippen LogP) is 4.56. The minimum absolute atomic E-state index is 0.125. The number of nitrogens with zero attached hydrogens (tertiary/aromatic N) is 3. The number of fused-ring (bicyclic) bond motifs is 1. The number of aromatic amines is 1. The minimum Gasteiger partial charge on any atom is -0.378 e. The monoisotopic (exact) mass is 518 g/mol. The molecule has 8 heteroatoms. The molecule has 0 unspecified atom stereocenters. The molecule has 2 aliphatic carbocycles. The normalized spacial score (nSPS) is 19.8. The van der Waals surface area contributed by atoms with Crippen molar-refractivity contribution in [3.8, 4) is 0 Å². The summed E-state index contributed by atoms with van der Waals surface area (Å²) in [5.41, 5.74) is 3.60. The molecule has 37 heavy (non-hydrogen) atoms. The molecule has 6 rings (SSSR count). The highest BCUT2D eigenvalue weighted by Gasteiger charge is 2.49. The summed E-state index contributed by atoms with van der Waals surface area (Å²) in [6.07, 6.45) is 11.2. The Morgan fingerprint density at radius 1 is 1.16 bits per heavy atom. The fourth-order valence-electron chi connectivity index (χ4n) is 6.00. The topological polar surface area (TPSA) is 99.2 Å². The molecule has 3 heterocycles. The number of carbonyl (C=O) groups is 1. The van der Waals surface area contributed by atoms with Gasteiger partial charge in [0.25, 0.3) is 11.5 Å². The van der Waals surface area contributed by atoms with Crippen LogP contribution in [-0.2, 0) is 23.2 Å². The Bertz CT molecular complexity index is 1390. The molecule has 192 valence electrons. The molecule has 1 atom stereocenters. The van der Waals surface area contributed by atoms with E-state index in [1.54, 1.807) is 24.3 Å². The van der Waals surface area contributed by atoms with Gasteiger partial charge in [0.1, 0.15) is 5.82 Å². The molecule has 2 saturated carbocycles. The van der Waals surface area contributed by atoms with E-state index in [9.17, 15) is 14.7 Å². The van der Waals surface area contributed by atoms with E-state index in [1.807, 2.05) is 12.4 Å². The third-order valence-electron chi connectivity index (χ3n) is 8.37. The van der Waals surface area contributed by atoms with Crippen LogP contribution in [0.25, 0.3) is 0 Å². The van der Waals surface area contributed by atoms with Gasteiger partial charge in [0.05, 0.1) is 23.2 Å². The second-order valence-corrected chi connectivity index (χ2v) is 11.2. The lowest BCUT2D eigenvalue weighted by molar-refractivity contribution is -0.141. The number of nitrogens with one attached hydrogen (secondary N) is 1. The number of amides is 1. The number of aliphatic hydroxyl groups is 1. The van der Waals surface area contributed by atoms with Crippen LogP contribution in [-0.4, -0.2) is 37.4 Å². The molecule has 3 aliphatic rings. The summed E-state index contributed by atoms with van der Waals surface area (Å²) in [6, 6.07) is 8.92. The standard InChI is InChI=1S/C29H31ClN4O3/c30-22-8-4-7-19(14-22)25(35)27(37)34-12-9-24-23(17-34)26(36)33-28(32-24)29(10-11-29)21-13-20(15-31-16-21)18-5-2-1-3-6-18/h4,7-8,13-16,18,25,35H,1-3,5-6,9-12,17H2,(H,32,33,36)/t25-/m1/s1. The zero-order valence-corrected chi connectivity index (χ0v) is 21.5. The first-order valence-corrected chi connectivity index (χ1v) is 13.6. The molecule has 0 bridgehead atoms. The van der Waals surface area contributed by atoms with Crippen LogP contribution in [0.3, 0.4) is 0 Å². The van der Waals surface area contributed by atoms with E-state index < -0.39 is 12.0 Å². The highest BCUT2D eigenvalue weighted by molar-refractivity contribution is 6.30. The van der Waals surface area contributed by atoms with Crippen molar-refractivity contribution in [2.24, 2.45) is 0 Å². The molecule has 0 radical (unpaired) electrons. The van der Waals surface area contributed by atoms with Crippen molar-refractivity contribution < 1.29 is 9.90 Å². The zero-order valence-electron chi connectivity index (χ0n) is 20.8. The average Bonchev–Trinajstić information content (AvgIpc) is 3.75. The van der Waals surface area contributed by atoms with Gasteiger partial charge in [0.2, 0.25) is 0 Å². The van der Waals surface area contributed by atoms with E-state index >= 15 is 0 Å². The summed E-state index contributed by atoms with van der Waals surface area (Å²) in [6.45, 7) is 0.519. The number of aliphatic hydroxyl groups excluding tert-OH is 1. The SMILES string of the molecule is O=C([C@H](O)c1cccc(Cl)c1)N1CCc2nc(C3(c4cncc(C5CCCCC5)c4)CC3)[nH]c(=O)c2C1. The largest absolute Gasteiger partial charge is 0.378 e. The van der Waals surface area contributed by atoms with Crippen molar-refractivity contribution in [1.29, 1.82) is 0 Å². The molecule has 2 N–H and O–H groups in total. The second-order valence-electron chi connectivity index (χ2n) is 10.7. The van der Waals surface area contributed by atoms with Crippen LogP contribution >= 0.6 is 11.6 Å². The minimum atomic E-state index is -1.33. The Labute approximate surface area is 220 Å². The van der Waals surface area contributed by atoms with E-state index in [2.05, 4.69) is 16.0 Å². The van der Waals surface area contributed by atoms with E-state index in [4.69, 9.17) is 16.6 Å². The van der Waals surface area contributed by atoms with Crippen LogP contribution in [0.2, 0.25) is 5.02 Å². The van der Waals surface area contributed by atoms with Gasteiger partial charge in [-0.2, -0.15) is 0 Å². The third kappa shape index (κ3) is 4.59. The molecular formula is C29H31ClN4O3. The van der Waals surface area contributed by atoms with Crippen molar-refractivity contribution in [1.82, 2.24) is 19.9 Å². The van der Waals surface area contributed by atoms with Crippen molar-refractivity contribution in [2.45, 2.75) is 75.3 Å². The van der Waals surface area contributed by atoms with Crippen molar-refractivity contribution in [2.75, 3.05) is 6.54 Å². The second kappa shape index (κ2) is 9.69. The number of pyridine rings is 1. The average molecular weight is 519 g/mol. The Hall–Kier alpha value is -3.03. The fourth-order valence-corrected chi connectivity index (χ4v) is 6.20. The van der Waals surface area contributed by atoms with Crippen LogP contribution in [0.1, 0.15) is 90.7 Å². The van der Waals surface area contributed by atoms with Gasteiger partial charge in [0.15, 0.2) is 6.10 Å². The van der Waals surface area contributed by atoms with Crippen molar-refractivity contribution in [3.63, 3.8) is 0 Å². The van der Waals surface area contributed by atoms with Gasteiger partial charge < -0.3 is 15.0 Å². The van der Waals surface area contributed by atoms with E-state index in [0.29, 0.717) is 40.9 Å². The van der Waals surface area contributed by atoms with Crippen LogP contribution in [0, 0.1) is 0 Å². The van der Waals surface area contributed by atoms with Gasteiger partial charge >= 0.3 is 0 Å². The quantitative estimate of drug-likeness (QED) is 0.515. The van der Waals surface area contributed by atoms with Crippen LogP contribution in [0.5, 0.6) is 0 Å². The fraction of sp³-hybridized carbons (Fsp3) is 0.448. The van der Waals surface area contributed by atoms with E-state index in [0.717, 1.165) is 24.1 Å². The molecule has 1 aromatic carbocycles. The number of H-pyrrole nitrogens is 1. The zero-order chi connectivity index (χ0) is 25.6. The van der Waals surface area contributed by atoms with Crippen LogP contribution < -0.4 is 5.56 Å². The Morgan fingerprint density at radius 2 is 1.97 bits per heavy atom. The molecule has 3 aromatic rings. The van der Waals surface area contributed by atoms with Crippen LogP contribution in [0.15, 0.2) is 47.5 Å². The maximum atomic E-state index is 13.2. The van der Waals surface area contributed by atoms with Gasteiger partial charge in [-0.3, -0.25) is 14.6 Å². The number of aromatic nitrogens is 3. The maximum absolute atomic E-state index is 13.2. The van der Waals surface area contributed by atoms with Gasteiger partial charge in [-0.15, -0.1) is 0 Å². The smallest absolute Gasteiger partial charge is 0.256 e. The number of rotatable bonds is 5. The van der Waals surface area contributed by atoms with Gasteiger partial charge in [-0.25, -0.2) is 4.98 Å². The van der Waals surface area contributed by atoms with Crippen LogP contribution in [0.4, 0.5) is 0 Å². The summed E-state index contributed by atoms with van der Waals surface area (Å²) in [5, 5.41) is 11.1. The molecule has 2 aromatic heterocycles. The number of benzene rings is 1. The third-order valence-corrected chi connectivity index (χ3v) is 8.61. The first kappa shape index (κ1) is 24.3. The van der Waals surface area contributed by atoms with Crippen molar-refractivity contribution in [3.05, 3.63) is 91.9 Å².